The van der Waals surface area contributed by atoms with Crippen molar-refractivity contribution < 1.29 is 9.53 Å². The average molecular weight is 449 g/mol. The van der Waals surface area contributed by atoms with Crippen molar-refractivity contribution in [2.24, 2.45) is 5.92 Å². The van der Waals surface area contributed by atoms with E-state index < -0.39 is 0 Å². The minimum atomic E-state index is -0.232. The number of carbonyl (C=O) groups is 1. The first-order valence-corrected chi connectivity index (χ1v) is 11.8. The minimum Gasteiger partial charge on any atom is -0.493 e. The molecule has 3 N–H and O–H groups in total. The van der Waals surface area contributed by atoms with E-state index in [-0.39, 0.29) is 17.9 Å². The van der Waals surface area contributed by atoms with Crippen LogP contribution in [0.15, 0.2) is 66.9 Å². The van der Waals surface area contributed by atoms with Crippen molar-refractivity contribution in [3.63, 3.8) is 0 Å². The van der Waals surface area contributed by atoms with Gasteiger partial charge in [-0.15, -0.1) is 0 Å². The second-order valence-corrected chi connectivity index (χ2v) is 8.68. The molecule has 1 heterocycles. The third-order valence-electron chi connectivity index (χ3n) is 5.83. The summed E-state index contributed by atoms with van der Waals surface area (Å²) in [5.74, 6) is 1.16. The van der Waals surface area contributed by atoms with E-state index in [1.165, 1.54) is 0 Å². The maximum absolute atomic E-state index is 13.0. The summed E-state index contributed by atoms with van der Waals surface area (Å²) in [6.07, 6.45) is 4.06. The number of aromatic amines is 1. The molecule has 6 heteroatoms. The van der Waals surface area contributed by atoms with Gasteiger partial charge in [0.1, 0.15) is 5.75 Å². The Labute approximate surface area is 197 Å². The van der Waals surface area contributed by atoms with Crippen LogP contribution in [0.4, 0.5) is 0 Å². The topological polar surface area (TPSA) is 79.0 Å². The molecule has 176 valence electrons. The van der Waals surface area contributed by atoms with Crippen molar-refractivity contribution in [2.45, 2.75) is 52.1 Å². The third kappa shape index (κ3) is 7.75. The fourth-order valence-electron chi connectivity index (χ4n) is 3.79. The van der Waals surface area contributed by atoms with Crippen LogP contribution in [0, 0.1) is 5.92 Å². The van der Waals surface area contributed by atoms with Gasteiger partial charge in [-0.05, 0) is 48.6 Å². The van der Waals surface area contributed by atoms with Crippen molar-refractivity contribution in [3.05, 3.63) is 83.7 Å². The van der Waals surface area contributed by atoms with Gasteiger partial charge in [-0.25, -0.2) is 0 Å². The molecule has 0 fully saturated rings. The van der Waals surface area contributed by atoms with Gasteiger partial charge in [0.05, 0.1) is 18.6 Å². The highest BCUT2D eigenvalue weighted by Crippen LogP contribution is 2.21. The first kappa shape index (κ1) is 24.5. The van der Waals surface area contributed by atoms with E-state index >= 15 is 0 Å². The fourth-order valence-corrected chi connectivity index (χ4v) is 3.79. The maximum atomic E-state index is 13.0. The summed E-state index contributed by atoms with van der Waals surface area (Å²) in [6.45, 7) is 8.31. The lowest BCUT2D eigenvalue weighted by Gasteiger charge is -2.23. The summed E-state index contributed by atoms with van der Waals surface area (Å²) in [7, 11) is 0. The molecule has 0 aliphatic carbocycles. The predicted molar refractivity (Wildman–Crippen MR) is 132 cm³/mol. The zero-order valence-corrected chi connectivity index (χ0v) is 19.9. The van der Waals surface area contributed by atoms with E-state index in [2.05, 4.69) is 34.7 Å². The van der Waals surface area contributed by atoms with Crippen molar-refractivity contribution in [3.8, 4) is 5.75 Å². The van der Waals surface area contributed by atoms with Gasteiger partial charge in [-0.3, -0.25) is 9.89 Å². The lowest BCUT2D eigenvalue weighted by Crippen LogP contribution is -2.37. The Morgan fingerprint density at radius 1 is 1.03 bits per heavy atom. The Hall–Kier alpha value is -3.12. The number of nitrogens with one attached hydrogen (secondary N) is 3. The Bertz CT molecular complexity index is 942. The number of hydrogen-bond donors (Lipinski definition) is 3. The molecular weight excluding hydrogens is 412 g/mol. The number of hydrogen-bond acceptors (Lipinski definition) is 4. The summed E-state index contributed by atoms with van der Waals surface area (Å²) < 4.78 is 5.95. The van der Waals surface area contributed by atoms with Crippen LogP contribution >= 0.6 is 0 Å². The monoisotopic (exact) mass is 448 g/mol. The number of carbonyl (C=O) groups excluding carboxylic acids is 1. The van der Waals surface area contributed by atoms with E-state index in [9.17, 15) is 4.79 Å². The number of aromatic nitrogens is 2. The van der Waals surface area contributed by atoms with E-state index in [1.807, 2.05) is 67.6 Å². The van der Waals surface area contributed by atoms with Gasteiger partial charge in [0, 0.05) is 25.0 Å². The molecule has 0 aliphatic heterocycles. The van der Waals surface area contributed by atoms with E-state index in [1.54, 1.807) is 6.20 Å². The van der Waals surface area contributed by atoms with Crippen LogP contribution in [0.2, 0.25) is 0 Å². The molecular formula is C27H36N4O2. The second-order valence-electron chi connectivity index (χ2n) is 8.68. The quantitative estimate of drug-likeness (QED) is 0.345. The Kier molecular flexibility index (Phi) is 9.51. The van der Waals surface area contributed by atoms with Crippen LogP contribution in [-0.2, 0) is 11.3 Å². The number of benzene rings is 2. The lowest BCUT2D eigenvalue weighted by atomic mass is 9.99. The summed E-state index contributed by atoms with van der Waals surface area (Å²) in [6, 6.07) is 19.7. The number of ether oxygens (including phenoxy) is 1. The van der Waals surface area contributed by atoms with Crippen LogP contribution in [-0.4, -0.2) is 29.3 Å². The van der Waals surface area contributed by atoms with Gasteiger partial charge < -0.3 is 15.4 Å². The van der Waals surface area contributed by atoms with Gasteiger partial charge in [0.2, 0.25) is 5.91 Å². The van der Waals surface area contributed by atoms with Crippen LogP contribution in [0.5, 0.6) is 5.75 Å². The second kappa shape index (κ2) is 12.8. The van der Waals surface area contributed by atoms with Gasteiger partial charge in [0.25, 0.3) is 0 Å². The summed E-state index contributed by atoms with van der Waals surface area (Å²) in [5.41, 5.74) is 3.04. The predicted octanol–water partition coefficient (Wildman–Crippen LogP) is 4.98. The molecule has 3 rings (SSSR count). The van der Waals surface area contributed by atoms with Crippen molar-refractivity contribution in [2.75, 3.05) is 13.2 Å². The van der Waals surface area contributed by atoms with Gasteiger partial charge in [0.15, 0.2) is 0 Å². The SMILES string of the molecule is CCCC(C)COc1ccc(C(CNCc2ccn[nH]2)NC(=O)C(C)c2ccccc2)cc1. The fraction of sp³-hybridized carbons (Fsp3) is 0.407. The van der Waals surface area contributed by atoms with E-state index in [0.29, 0.717) is 25.6 Å². The van der Waals surface area contributed by atoms with Crippen molar-refractivity contribution in [1.82, 2.24) is 20.8 Å². The molecule has 33 heavy (non-hydrogen) atoms. The largest absolute Gasteiger partial charge is 0.493 e. The van der Waals surface area contributed by atoms with Crippen molar-refractivity contribution in [1.29, 1.82) is 0 Å². The van der Waals surface area contributed by atoms with Crippen LogP contribution in [0.1, 0.15) is 62.4 Å². The molecule has 0 aliphatic rings. The summed E-state index contributed by atoms with van der Waals surface area (Å²) in [5, 5.41) is 13.6. The highest BCUT2D eigenvalue weighted by molar-refractivity contribution is 5.83. The van der Waals surface area contributed by atoms with Gasteiger partial charge in [-0.1, -0.05) is 62.7 Å². The summed E-state index contributed by atoms with van der Waals surface area (Å²) in [4.78, 5) is 13.0. The van der Waals surface area contributed by atoms with E-state index in [0.717, 1.165) is 35.4 Å². The first-order chi connectivity index (χ1) is 16.1. The average Bonchev–Trinajstić information content (AvgIpc) is 3.36. The van der Waals surface area contributed by atoms with Crippen LogP contribution < -0.4 is 15.4 Å². The highest BCUT2D eigenvalue weighted by Gasteiger charge is 2.20. The van der Waals surface area contributed by atoms with E-state index in [4.69, 9.17) is 4.74 Å². The molecule has 3 atom stereocenters. The highest BCUT2D eigenvalue weighted by atomic mass is 16.5. The Balaban J connectivity index is 1.65. The minimum absolute atomic E-state index is 0.00302. The molecule has 0 spiro atoms. The molecule has 0 saturated carbocycles. The molecule has 2 aromatic carbocycles. The Morgan fingerprint density at radius 2 is 1.79 bits per heavy atom. The number of amides is 1. The van der Waals surface area contributed by atoms with Crippen LogP contribution in [0.25, 0.3) is 0 Å². The molecule has 6 nitrogen and oxygen atoms in total. The number of nitrogens with zero attached hydrogens (tertiary/aromatic N) is 1. The van der Waals surface area contributed by atoms with Gasteiger partial charge >= 0.3 is 0 Å². The molecule has 0 saturated heterocycles. The zero-order chi connectivity index (χ0) is 23.5. The lowest BCUT2D eigenvalue weighted by molar-refractivity contribution is -0.123. The molecule has 1 aromatic heterocycles. The number of H-pyrrole nitrogens is 1. The zero-order valence-electron chi connectivity index (χ0n) is 19.9. The molecule has 0 bridgehead atoms. The normalized spacial score (nSPS) is 13.8. The third-order valence-corrected chi connectivity index (χ3v) is 5.83. The van der Waals surface area contributed by atoms with Gasteiger partial charge in [-0.2, -0.15) is 5.10 Å². The Morgan fingerprint density at radius 3 is 2.45 bits per heavy atom. The maximum Gasteiger partial charge on any atom is 0.227 e. The summed E-state index contributed by atoms with van der Waals surface area (Å²) >= 11 is 0. The molecule has 1 amide bonds. The first-order valence-electron chi connectivity index (χ1n) is 11.8. The number of rotatable bonds is 13. The standard InChI is InChI=1S/C27H36N4O2/c1-4-8-20(2)19-33-25-13-11-23(12-14-25)26(18-28-17-24-15-16-29-31-24)30-27(32)21(3)22-9-6-5-7-10-22/h5-7,9-16,20-21,26,28H,4,8,17-19H2,1-3H3,(H,29,31)(H,30,32). The molecule has 3 aromatic rings. The molecule has 0 radical (unpaired) electrons. The smallest absolute Gasteiger partial charge is 0.227 e. The molecule has 3 unspecified atom stereocenters. The van der Waals surface area contributed by atoms with Crippen LogP contribution in [0.3, 0.4) is 0 Å². The van der Waals surface area contributed by atoms with Crippen molar-refractivity contribution >= 4 is 5.91 Å².